The fourth-order valence-corrected chi connectivity index (χ4v) is 2.74. The molecule has 2 heterocycles. The highest BCUT2D eigenvalue weighted by molar-refractivity contribution is 7.54. The molecule has 88 valence electrons. The van der Waals surface area contributed by atoms with Crippen LogP contribution >= 0.6 is 30.1 Å². The normalized spacial score (nSPS) is 36.8. The molecule has 0 aromatic heterocycles. The zero-order chi connectivity index (χ0) is 11.7. The minimum absolute atomic E-state index is 0.158. The maximum Gasteiger partial charge on any atom is 0.643 e. The summed E-state index contributed by atoms with van der Waals surface area (Å²) < 4.78 is 6.06. The lowest BCUT2D eigenvalue weighted by molar-refractivity contribution is -0.229. The number of halogens is 3. The molecular weight excluding hydrogens is 269 g/mol. The van der Waals surface area contributed by atoms with Crippen LogP contribution in [0.3, 0.4) is 0 Å². The lowest BCUT2D eigenvalue weighted by Gasteiger charge is -2.54. The molecule has 2 saturated heterocycles. The first kappa shape index (κ1) is 14.4. The third kappa shape index (κ3) is 4.26. The Kier molecular flexibility index (Phi) is 5.13. The Hall–Kier alpha value is 1.36. The van der Waals surface area contributed by atoms with E-state index in [0.717, 1.165) is 5.92 Å². The highest BCUT2D eigenvalue weighted by Gasteiger charge is 2.47. The number of rotatable bonds is 0. The fraction of sp³-hybridized carbons (Fsp3) is 1.00. The van der Waals surface area contributed by atoms with E-state index in [1.165, 1.54) is 25.7 Å². The molecule has 2 aliphatic heterocycles. The van der Waals surface area contributed by atoms with E-state index in [4.69, 9.17) is 34.9 Å². The molecule has 0 aromatic carbocycles. The standard InChI is InChI=1S/C10H18O.Al.3ClH/c1-9(2)8-4-6-10(3,11-9)7-5-8;;;;/h8H,4-7H2,1-3H3;;3*1H/q;+3;;;/p-3. The Morgan fingerprint density at radius 3 is 1.67 bits per heavy atom. The second kappa shape index (κ2) is 5.34. The smallest absolute Gasteiger partial charge is 0.369 e. The molecule has 3 fully saturated rings. The first-order valence-electron chi connectivity index (χ1n) is 5.38. The summed E-state index contributed by atoms with van der Waals surface area (Å²) in [5, 5.41) is 0. The molecule has 1 saturated carbocycles. The van der Waals surface area contributed by atoms with Crippen LogP contribution in [0.2, 0.25) is 0 Å². The van der Waals surface area contributed by atoms with Crippen LogP contribution in [0.25, 0.3) is 0 Å². The first-order chi connectivity index (χ1) is 6.75. The fourth-order valence-electron chi connectivity index (χ4n) is 2.74. The van der Waals surface area contributed by atoms with Gasteiger partial charge in [0.1, 0.15) is 0 Å². The summed E-state index contributed by atoms with van der Waals surface area (Å²) in [6.45, 7) is 6.76. The summed E-state index contributed by atoms with van der Waals surface area (Å²) in [5.74, 6) is 0.823. The van der Waals surface area contributed by atoms with Gasteiger partial charge in [-0.3, -0.25) is 0 Å². The number of hydrogen-bond acceptors (Lipinski definition) is 1. The Morgan fingerprint density at radius 2 is 1.47 bits per heavy atom. The van der Waals surface area contributed by atoms with Crippen molar-refractivity contribution in [3.63, 3.8) is 0 Å². The molecule has 5 heteroatoms. The lowest BCUT2D eigenvalue weighted by Crippen LogP contribution is -2.53. The lowest BCUT2D eigenvalue weighted by atomic mass is 9.69. The summed E-state index contributed by atoms with van der Waals surface area (Å²) in [6.07, 6.45) is 5.31. The molecule has 15 heavy (non-hydrogen) atoms. The van der Waals surface area contributed by atoms with Crippen LogP contribution < -0.4 is 0 Å². The van der Waals surface area contributed by atoms with E-state index in [9.17, 15) is 0 Å². The number of ether oxygens (including phenoxy) is 1. The molecule has 0 unspecified atom stereocenters. The maximum atomic E-state index is 6.06. The summed E-state index contributed by atoms with van der Waals surface area (Å²) in [7, 11) is 14.8. The highest BCUT2D eigenvalue weighted by Crippen LogP contribution is 2.49. The molecule has 1 nitrogen and oxygen atoms in total. The second-order valence-electron chi connectivity index (χ2n) is 5.18. The zero-order valence-electron chi connectivity index (χ0n) is 9.53. The van der Waals surface area contributed by atoms with Gasteiger partial charge in [0, 0.05) is 0 Å². The average molecular weight is 288 g/mol. The molecule has 2 bridgehead atoms. The highest BCUT2D eigenvalue weighted by atomic mass is 35.8. The monoisotopic (exact) mass is 286 g/mol. The van der Waals surface area contributed by atoms with E-state index in [0.29, 0.717) is 0 Å². The van der Waals surface area contributed by atoms with Crippen molar-refractivity contribution in [2.45, 2.75) is 57.7 Å². The Labute approximate surface area is 109 Å². The summed E-state index contributed by atoms with van der Waals surface area (Å²) >= 11 is -1.72. The van der Waals surface area contributed by atoms with Gasteiger partial charge in [-0.2, -0.15) is 0 Å². The van der Waals surface area contributed by atoms with Gasteiger partial charge in [-0.25, -0.2) is 30.1 Å². The van der Waals surface area contributed by atoms with Gasteiger partial charge in [-0.05, 0) is 52.4 Å². The quantitative estimate of drug-likeness (QED) is 0.599. The molecule has 3 aliphatic rings. The van der Waals surface area contributed by atoms with Crippen LogP contribution in [0.15, 0.2) is 0 Å². The van der Waals surface area contributed by atoms with Crippen LogP contribution in [0.4, 0.5) is 0 Å². The van der Waals surface area contributed by atoms with E-state index >= 15 is 0 Å². The van der Waals surface area contributed by atoms with Crippen LogP contribution in [-0.2, 0) is 4.74 Å². The van der Waals surface area contributed by atoms with E-state index in [1.54, 1.807) is 0 Å². The zero-order valence-corrected chi connectivity index (χ0v) is 12.9. The average Bonchev–Trinajstić information content (AvgIpc) is 1.99. The van der Waals surface area contributed by atoms with Gasteiger partial charge in [0.05, 0.1) is 11.2 Å². The summed E-state index contributed by atoms with van der Waals surface area (Å²) in [6, 6.07) is 0. The molecule has 0 spiro atoms. The van der Waals surface area contributed by atoms with Crippen LogP contribution in [0.1, 0.15) is 46.5 Å². The molecular formula is C10H18AlCl3O. The van der Waals surface area contributed by atoms with Gasteiger partial charge in [-0.1, -0.05) is 0 Å². The van der Waals surface area contributed by atoms with Crippen LogP contribution in [-0.4, -0.2) is 22.6 Å². The van der Waals surface area contributed by atoms with Crippen molar-refractivity contribution in [2.24, 2.45) is 5.92 Å². The van der Waals surface area contributed by atoms with Gasteiger partial charge in [-0.15, -0.1) is 0 Å². The third-order valence-electron chi connectivity index (χ3n) is 3.54. The van der Waals surface area contributed by atoms with Gasteiger partial charge in [0.25, 0.3) is 0 Å². The Balaban J connectivity index is 0.000000245. The molecule has 1 aliphatic carbocycles. The van der Waals surface area contributed by atoms with Gasteiger partial charge < -0.3 is 4.74 Å². The largest absolute Gasteiger partial charge is 0.643 e. The van der Waals surface area contributed by atoms with Crippen molar-refractivity contribution < 1.29 is 4.74 Å². The number of hydrogen-bond donors (Lipinski definition) is 0. The molecule has 0 amide bonds. The first-order valence-corrected chi connectivity index (χ1v) is 10.6. The Bertz CT molecular complexity index is 207. The number of fused-ring (bicyclic) bond motifs is 3. The van der Waals surface area contributed by atoms with Gasteiger partial charge >= 0.3 is 11.4 Å². The SMILES string of the molecule is CC12CCC(CC1)C(C)(C)O2.[Cl][Al]([Cl])[Cl]. The molecule has 3 rings (SSSR count). The second-order valence-corrected chi connectivity index (χ2v) is 11.6. The molecule has 0 N–H and O–H groups in total. The minimum Gasteiger partial charge on any atom is -0.369 e. The summed E-state index contributed by atoms with van der Waals surface area (Å²) in [5.41, 5.74) is 0.378. The molecule has 0 radical (unpaired) electrons. The van der Waals surface area contributed by atoms with E-state index < -0.39 is 11.4 Å². The molecule has 0 atom stereocenters. The molecule has 0 aromatic rings. The third-order valence-corrected chi connectivity index (χ3v) is 3.54. The van der Waals surface area contributed by atoms with Gasteiger partial charge in [0.15, 0.2) is 0 Å². The predicted octanol–water partition coefficient (Wildman–Crippen LogP) is 4.43. The van der Waals surface area contributed by atoms with Crippen LogP contribution in [0.5, 0.6) is 0 Å². The van der Waals surface area contributed by atoms with Crippen molar-refractivity contribution in [3.8, 4) is 0 Å². The van der Waals surface area contributed by atoms with Crippen molar-refractivity contribution >= 4 is 41.5 Å². The van der Waals surface area contributed by atoms with Crippen molar-refractivity contribution in [3.05, 3.63) is 0 Å². The van der Waals surface area contributed by atoms with E-state index in [1.807, 2.05) is 0 Å². The van der Waals surface area contributed by atoms with Gasteiger partial charge in [0.2, 0.25) is 0 Å². The van der Waals surface area contributed by atoms with E-state index in [2.05, 4.69) is 20.8 Å². The van der Waals surface area contributed by atoms with Crippen molar-refractivity contribution in [1.82, 2.24) is 0 Å². The predicted molar refractivity (Wildman–Crippen MR) is 68.8 cm³/mol. The summed E-state index contributed by atoms with van der Waals surface area (Å²) in [4.78, 5) is 0. The van der Waals surface area contributed by atoms with Crippen molar-refractivity contribution in [2.75, 3.05) is 0 Å². The Morgan fingerprint density at radius 1 is 1.07 bits per heavy atom. The van der Waals surface area contributed by atoms with E-state index in [-0.39, 0.29) is 11.2 Å². The topological polar surface area (TPSA) is 9.23 Å². The van der Waals surface area contributed by atoms with Crippen LogP contribution in [0, 0.1) is 5.92 Å². The maximum absolute atomic E-state index is 6.06. The minimum atomic E-state index is -1.72. The van der Waals surface area contributed by atoms with Crippen molar-refractivity contribution in [1.29, 1.82) is 0 Å².